The Labute approximate surface area is 94.0 Å². The molecule has 0 atom stereocenters. The second-order valence-corrected chi connectivity index (χ2v) is 3.52. The molecule has 1 aliphatic heterocycles. The Kier molecular flexibility index (Phi) is 2.78. The van der Waals surface area contributed by atoms with E-state index in [1.807, 2.05) is 6.07 Å². The summed E-state index contributed by atoms with van der Waals surface area (Å²) >= 11 is 0. The van der Waals surface area contributed by atoms with Gasteiger partial charge in [0.05, 0.1) is 23.9 Å². The SMILES string of the molecule is CCOC(=O)N1CCc2c(C#N)cccc21. The predicted octanol–water partition coefficient (Wildman–Crippen LogP) is 2.08. The molecule has 0 unspecified atom stereocenters. The lowest BCUT2D eigenvalue weighted by atomic mass is 10.1. The normalized spacial score (nSPS) is 13.1. The summed E-state index contributed by atoms with van der Waals surface area (Å²) in [5.74, 6) is 0. The first-order valence-corrected chi connectivity index (χ1v) is 5.24. The summed E-state index contributed by atoms with van der Waals surface area (Å²) in [5, 5.41) is 8.95. The fourth-order valence-corrected chi connectivity index (χ4v) is 1.93. The molecule has 0 aromatic heterocycles. The Morgan fingerprint density at radius 2 is 2.44 bits per heavy atom. The summed E-state index contributed by atoms with van der Waals surface area (Å²) in [6.07, 6.45) is 0.383. The van der Waals surface area contributed by atoms with Crippen molar-refractivity contribution in [3.63, 3.8) is 0 Å². The number of nitrogens with zero attached hydrogens (tertiary/aromatic N) is 2. The topological polar surface area (TPSA) is 53.3 Å². The third-order valence-electron chi connectivity index (χ3n) is 2.64. The van der Waals surface area contributed by atoms with Crippen molar-refractivity contribution in [2.75, 3.05) is 18.1 Å². The van der Waals surface area contributed by atoms with Gasteiger partial charge in [-0.2, -0.15) is 5.26 Å². The first-order chi connectivity index (χ1) is 7.77. The maximum absolute atomic E-state index is 11.6. The fourth-order valence-electron chi connectivity index (χ4n) is 1.93. The fraction of sp³-hybridized carbons (Fsp3) is 0.333. The number of benzene rings is 1. The molecule has 0 bridgehead atoms. The third kappa shape index (κ3) is 1.61. The van der Waals surface area contributed by atoms with Crippen molar-refractivity contribution in [3.8, 4) is 6.07 Å². The smallest absolute Gasteiger partial charge is 0.414 e. The molecule has 1 aliphatic rings. The molecule has 1 amide bonds. The van der Waals surface area contributed by atoms with Gasteiger partial charge >= 0.3 is 6.09 Å². The number of ether oxygens (including phenoxy) is 1. The minimum atomic E-state index is -0.337. The molecule has 0 saturated heterocycles. The number of hydrogen-bond acceptors (Lipinski definition) is 3. The zero-order valence-electron chi connectivity index (χ0n) is 9.06. The maximum atomic E-state index is 11.6. The molecule has 4 nitrogen and oxygen atoms in total. The average molecular weight is 216 g/mol. The molecule has 0 saturated carbocycles. The lowest BCUT2D eigenvalue weighted by molar-refractivity contribution is 0.160. The molecule has 0 aliphatic carbocycles. The van der Waals surface area contributed by atoms with Crippen molar-refractivity contribution >= 4 is 11.8 Å². The van der Waals surface area contributed by atoms with Crippen LogP contribution in [0.25, 0.3) is 0 Å². The average Bonchev–Trinajstić information content (AvgIpc) is 2.72. The first kappa shape index (κ1) is 10.5. The molecule has 0 N–H and O–H groups in total. The molecule has 1 aromatic carbocycles. The molecule has 0 radical (unpaired) electrons. The third-order valence-corrected chi connectivity index (χ3v) is 2.64. The summed E-state index contributed by atoms with van der Waals surface area (Å²) in [7, 11) is 0. The van der Waals surface area contributed by atoms with Gasteiger partial charge in [0.2, 0.25) is 0 Å². The van der Waals surface area contributed by atoms with E-state index < -0.39 is 0 Å². The Bertz CT molecular complexity index is 463. The van der Waals surface area contributed by atoms with Gasteiger partial charge in [0.15, 0.2) is 0 Å². The van der Waals surface area contributed by atoms with Crippen LogP contribution in [0.5, 0.6) is 0 Å². The van der Waals surface area contributed by atoms with E-state index in [0.29, 0.717) is 18.7 Å². The molecular formula is C12H12N2O2. The van der Waals surface area contributed by atoms with Crippen molar-refractivity contribution in [3.05, 3.63) is 29.3 Å². The van der Waals surface area contributed by atoms with E-state index in [1.54, 1.807) is 24.0 Å². The summed E-state index contributed by atoms with van der Waals surface area (Å²) in [4.78, 5) is 13.2. The highest BCUT2D eigenvalue weighted by Gasteiger charge is 2.27. The first-order valence-electron chi connectivity index (χ1n) is 5.24. The molecule has 16 heavy (non-hydrogen) atoms. The highest BCUT2D eigenvalue weighted by molar-refractivity contribution is 5.90. The summed E-state index contributed by atoms with van der Waals surface area (Å²) < 4.78 is 4.96. The molecule has 0 spiro atoms. The highest BCUT2D eigenvalue weighted by Crippen LogP contribution is 2.30. The van der Waals surface area contributed by atoms with Crippen molar-refractivity contribution in [1.29, 1.82) is 5.26 Å². The standard InChI is InChI=1S/C12H12N2O2/c1-2-16-12(15)14-7-6-10-9(8-13)4-3-5-11(10)14/h3-5H,2,6-7H2,1H3. The number of anilines is 1. The van der Waals surface area contributed by atoms with E-state index in [2.05, 4.69) is 6.07 Å². The van der Waals surface area contributed by atoms with Crippen molar-refractivity contribution in [2.24, 2.45) is 0 Å². The Morgan fingerprint density at radius 1 is 1.62 bits per heavy atom. The van der Waals surface area contributed by atoms with Gasteiger partial charge in [-0.15, -0.1) is 0 Å². The minimum absolute atomic E-state index is 0.337. The number of nitriles is 1. The van der Waals surface area contributed by atoms with Crippen LogP contribution in [0.15, 0.2) is 18.2 Å². The quantitative estimate of drug-likeness (QED) is 0.722. The van der Waals surface area contributed by atoms with Crippen LogP contribution in [0, 0.1) is 11.3 Å². The zero-order chi connectivity index (χ0) is 11.5. The number of carbonyl (C=O) groups excluding carboxylic acids is 1. The summed E-state index contributed by atoms with van der Waals surface area (Å²) in [6, 6.07) is 7.55. The summed E-state index contributed by atoms with van der Waals surface area (Å²) in [5.41, 5.74) is 2.39. The number of rotatable bonds is 1. The Morgan fingerprint density at radius 3 is 3.12 bits per heavy atom. The van der Waals surface area contributed by atoms with Crippen LogP contribution >= 0.6 is 0 Å². The number of fused-ring (bicyclic) bond motifs is 1. The van der Waals surface area contributed by atoms with E-state index in [-0.39, 0.29) is 6.09 Å². The Hall–Kier alpha value is -2.02. The predicted molar refractivity (Wildman–Crippen MR) is 59.2 cm³/mol. The van der Waals surface area contributed by atoms with Gasteiger partial charge in [-0.25, -0.2) is 4.79 Å². The van der Waals surface area contributed by atoms with Crippen LogP contribution in [0.4, 0.5) is 10.5 Å². The van der Waals surface area contributed by atoms with E-state index in [9.17, 15) is 4.79 Å². The molecule has 1 heterocycles. The molecule has 0 fully saturated rings. The van der Waals surface area contributed by atoms with E-state index in [1.165, 1.54) is 0 Å². The lowest BCUT2D eigenvalue weighted by Crippen LogP contribution is -2.29. The van der Waals surface area contributed by atoms with E-state index in [0.717, 1.165) is 17.7 Å². The largest absolute Gasteiger partial charge is 0.449 e. The van der Waals surface area contributed by atoms with Gasteiger partial charge in [0.25, 0.3) is 0 Å². The second-order valence-electron chi connectivity index (χ2n) is 3.52. The number of carbonyl (C=O) groups is 1. The van der Waals surface area contributed by atoms with Gasteiger partial charge < -0.3 is 4.74 Å². The van der Waals surface area contributed by atoms with Crippen LogP contribution in [-0.2, 0) is 11.2 Å². The zero-order valence-corrected chi connectivity index (χ0v) is 9.06. The molecule has 4 heteroatoms. The monoisotopic (exact) mass is 216 g/mol. The second kappa shape index (κ2) is 4.23. The van der Waals surface area contributed by atoms with Crippen molar-refractivity contribution < 1.29 is 9.53 Å². The van der Waals surface area contributed by atoms with Crippen LogP contribution in [0.3, 0.4) is 0 Å². The minimum Gasteiger partial charge on any atom is -0.449 e. The van der Waals surface area contributed by atoms with Gasteiger partial charge in [-0.05, 0) is 31.0 Å². The van der Waals surface area contributed by atoms with Crippen LogP contribution in [0.1, 0.15) is 18.1 Å². The van der Waals surface area contributed by atoms with E-state index >= 15 is 0 Å². The molecular weight excluding hydrogens is 204 g/mol. The van der Waals surface area contributed by atoms with Crippen molar-refractivity contribution in [1.82, 2.24) is 0 Å². The van der Waals surface area contributed by atoms with E-state index in [4.69, 9.17) is 10.00 Å². The van der Waals surface area contributed by atoms with Crippen molar-refractivity contribution in [2.45, 2.75) is 13.3 Å². The van der Waals surface area contributed by atoms with Gasteiger partial charge in [0.1, 0.15) is 0 Å². The molecule has 82 valence electrons. The maximum Gasteiger partial charge on any atom is 0.414 e. The van der Waals surface area contributed by atoms with Gasteiger partial charge in [-0.1, -0.05) is 6.07 Å². The Balaban J connectivity index is 2.34. The molecule has 2 rings (SSSR count). The van der Waals surface area contributed by atoms with Gasteiger partial charge in [0, 0.05) is 6.54 Å². The molecule has 1 aromatic rings. The van der Waals surface area contributed by atoms with Gasteiger partial charge in [-0.3, -0.25) is 4.90 Å². The highest BCUT2D eigenvalue weighted by atomic mass is 16.6. The summed E-state index contributed by atoms with van der Waals surface area (Å²) in [6.45, 7) is 2.73. The lowest BCUT2D eigenvalue weighted by Gasteiger charge is -2.16. The van der Waals surface area contributed by atoms with Crippen LogP contribution in [-0.4, -0.2) is 19.2 Å². The number of hydrogen-bond donors (Lipinski definition) is 0. The van der Waals surface area contributed by atoms with Crippen LogP contribution in [0.2, 0.25) is 0 Å². The van der Waals surface area contributed by atoms with Crippen LogP contribution < -0.4 is 4.90 Å². The number of amides is 1.